The second-order valence-corrected chi connectivity index (χ2v) is 9.06. The van der Waals surface area contributed by atoms with Crippen LogP contribution in [0.4, 0.5) is 4.79 Å². The summed E-state index contributed by atoms with van der Waals surface area (Å²) in [5.41, 5.74) is 0.585. The summed E-state index contributed by atoms with van der Waals surface area (Å²) in [5, 5.41) is 5.33. The molecule has 1 saturated carbocycles. The number of hydrogen-bond donors (Lipinski definition) is 2. The number of aromatic nitrogens is 2. The van der Waals surface area contributed by atoms with E-state index in [9.17, 15) is 14.4 Å². The third-order valence-corrected chi connectivity index (χ3v) is 6.30. The second-order valence-electron chi connectivity index (χ2n) is 9.06. The molecule has 0 bridgehead atoms. The van der Waals surface area contributed by atoms with Crippen LogP contribution in [0.2, 0.25) is 0 Å². The number of rotatable bonds is 13. The molecule has 1 unspecified atom stereocenters. The van der Waals surface area contributed by atoms with E-state index in [1.54, 1.807) is 18.5 Å². The summed E-state index contributed by atoms with van der Waals surface area (Å²) in [7, 11) is 0. The number of amides is 2. The number of hydrogen-bond acceptors (Lipinski definition) is 7. The van der Waals surface area contributed by atoms with Crippen molar-refractivity contribution >= 4 is 17.8 Å². The zero-order valence-corrected chi connectivity index (χ0v) is 20.4. The first kappa shape index (κ1) is 26.1. The number of alkyl carbamates (subject to hydrolysis) is 1. The van der Waals surface area contributed by atoms with Gasteiger partial charge in [-0.1, -0.05) is 56.5 Å². The fourth-order valence-corrected chi connectivity index (χ4v) is 3.92. The van der Waals surface area contributed by atoms with Gasteiger partial charge in [0.05, 0.1) is 6.04 Å². The summed E-state index contributed by atoms with van der Waals surface area (Å²) in [5.74, 6) is -1.41. The predicted octanol–water partition coefficient (Wildman–Crippen LogP) is 3.76. The van der Waals surface area contributed by atoms with Crippen molar-refractivity contribution in [2.75, 3.05) is 13.2 Å². The van der Waals surface area contributed by atoms with Gasteiger partial charge in [0.15, 0.2) is 0 Å². The van der Waals surface area contributed by atoms with Gasteiger partial charge >= 0.3 is 12.1 Å². The van der Waals surface area contributed by atoms with Crippen LogP contribution < -0.4 is 15.4 Å². The van der Waals surface area contributed by atoms with E-state index in [0.717, 1.165) is 31.2 Å². The van der Waals surface area contributed by atoms with Crippen LogP contribution in [-0.4, -0.2) is 47.0 Å². The Balaban J connectivity index is 1.52. The number of ether oxygens (including phenoxy) is 2. The van der Waals surface area contributed by atoms with Crippen LogP contribution in [-0.2, 0) is 14.3 Å². The summed E-state index contributed by atoms with van der Waals surface area (Å²) in [6.07, 6.45) is 7.07. The molecule has 1 aromatic carbocycles. The minimum absolute atomic E-state index is 0.150. The first-order valence-electron chi connectivity index (χ1n) is 12.2. The molecule has 1 heterocycles. The zero-order valence-electron chi connectivity index (χ0n) is 20.4. The van der Waals surface area contributed by atoms with E-state index < -0.39 is 23.8 Å². The molecule has 1 aliphatic carbocycles. The van der Waals surface area contributed by atoms with Crippen molar-refractivity contribution in [3.8, 4) is 6.01 Å². The molecule has 9 heteroatoms. The lowest BCUT2D eigenvalue weighted by atomic mass is 9.70. The molecule has 0 aliphatic heterocycles. The van der Waals surface area contributed by atoms with Gasteiger partial charge in [-0.05, 0) is 37.8 Å². The van der Waals surface area contributed by atoms with Gasteiger partial charge in [0.1, 0.15) is 19.3 Å². The van der Waals surface area contributed by atoms with Crippen LogP contribution in [0.3, 0.4) is 0 Å². The molecular weight excluding hydrogens is 448 g/mol. The van der Waals surface area contributed by atoms with Crippen LogP contribution in [0, 0.1) is 5.41 Å². The Hall–Kier alpha value is -3.49. The van der Waals surface area contributed by atoms with E-state index in [4.69, 9.17) is 9.47 Å². The highest BCUT2D eigenvalue weighted by atomic mass is 16.6. The highest BCUT2D eigenvalue weighted by molar-refractivity contribution is 6.38. The molecule has 3 rings (SSSR count). The molecule has 1 aliphatic rings. The summed E-state index contributed by atoms with van der Waals surface area (Å²) >= 11 is 0. The predicted molar refractivity (Wildman–Crippen MR) is 130 cm³/mol. The Kier molecular flexibility index (Phi) is 9.57. The molecule has 1 fully saturated rings. The summed E-state index contributed by atoms with van der Waals surface area (Å²) < 4.78 is 11.2. The van der Waals surface area contributed by atoms with Crippen LogP contribution in [0.5, 0.6) is 6.01 Å². The molecule has 9 nitrogen and oxygen atoms in total. The smallest absolute Gasteiger partial charge is 0.407 e. The minimum atomic E-state index is -0.947. The van der Waals surface area contributed by atoms with Crippen molar-refractivity contribution in [1.82, 2.24) is 20.6 Å². The molecule has 0 radical (unpaired) electrons. The van der Waals surface area contributed by atoms with E-state index in [0.29, 0.717) is 19.4 Å². The van der Waals surface area contributed by atoms with E-state index in [1.807, 2.05) is 44.2 Å². The standard InChI is InChI=1S/C26H34N4O5/c1-3-4-12-21(22(31)23(32)29-19(2)20-10-6-5-7-11-20)30-25(33)35-18-26(13-8-14-26)17-34-24-27-15-9-16-28-24/h5-7,9-11,15-16,19,21H,3-4,8,12-14,17-18H2,1-2H3,(H,29,32)(H,30,33)/t19-,21?/m1/s1. The number of nitrogens with zero attached hydrogens (tertiary/aromatic N) is 2. The van der Waals surface area contributed by atoms with E-state index in [-0.39, 0.29) is 24.1 Å². The molecular formula is C26H34N4O5. The molecule has 188 valence electrons. The molecule has 0 saturated heterocycles. The average Bonchev–Trinajstić information content (AvgIpc) is 2.86. The molecule has 2 N–H and O–H groups in total. The van der Waals surface area contributed by atoms with Crippen molar-refractivity contribution in [2.24, 2.45) is 5.41 Å². The lowest BCUT2D eigenvalue weighted by Gasteiger charge is -2.40. The van der Waals surface area contributed by atoms with Gasteiger partial charge in [0.2, 0.25) is 5.78 Å². The average molecular weight is 483 g/mol. The number of unbranched alkanes of at least 4 members (excludes halogenated alkanes) is 1. The van der Waals surface area contributed by atoms with Crippen molar-refractivity contribution in [1.29, 1.82) is 0 Å². The fourth-order valence-electron chi connectivity index (χ4n) is 3.92. The van der Waals surface area contributed by atoms with Crippen LogP contribution in [0.15, 0.2) is 48.8 Å². The molecule has 35 heavy (non-hydrogen) atoms. The van der Waals surface area contributed by atoms with Gasteiger partial charge in [-0.25, -0.2) is 14.8 Å². The lowest BCUT2D eigenvalue weighted by molar-refractivity contribution is -0.139. The Morgan fingerprint density at radius 1 is 1.03 bits per heavy atom. The highest BCUT2D eigenvalue weighted by Gasteiger charge is 2.40. The lowest BCUT2D eigenvalue weighted by Crippen LogP contribution is -2.49. The number of carbonyl (C=O) groups is 3. The fraction of sp³-hybridized carbons (Fsp3) is 0.500. The van der Waals surface area contributed by atoms with Gasteiger partial charge in [0.25, 0.3) is 5.91 Å². The summed E-state index contributed by atoms with van der Waals surface area (Å²) in [4.78, 5) is 46.2. The number of carbonyl (C=O) groups excluding carboxylic acids is 3. The largest absolute Gasteiger partial charge is 0.463 e. The molecule has 1 aromatic heterocycles. The van der Waals surface area contributed by atoms with Gasteiger partial charge in [0, 0.05) is 17.8 Å². The maximum absolute atomic E-state index is 12.9. The number of nitrogens with one attached hydrogen (secondary N) is 2. The first-order chi connectivity index (χ1) is 16.9. The summed E-state index contributed by atoms with van der Waals surface area (Å²) in [6.45, 7) is 4.28. The van der Waals surface area contributed by atoms with Gasteiger partial charge < -0.3 is 20.1 Å². The normalized spacial score (nSPS) is 15.7. The SMILES string of the molecule is CCCCC(NC(=O)OCC1(COc2ncccn2)CCC1)C(=O)C(=O)N[C@H](C)c1ccccc1. The first-order valence-corrected chi connectivity index (χ1v) is 12.2. The quantitative estimate of drug-likeness (QED) is 0.417. The number of ketones is 1. The maximum Gasteiger partial charge on any atom is 0.407 e. The molecule has 2 amide bonds. The highest BCUT2D eigenvalue weighted by Crippen LogP contribution is 2.41. The summed E-state index contributed by atoms with van der Waals surface area (Å²) in [6, 6.07) is 10.1. The second kappa shape index (κ2) is 12.8. The maximum atomic E-state index is 12.9. The van der Waals surface area contributed by atoms with Gasteiger partial charge in [-0.2, -0.15) is 0 Å². The minimum Gasteiger partial charge on any atom is -0.463 e. The Morgan fingerprint density at radius 3 is 2.37 bits per heavy atom. The topological polar surface area (TPSA) is 120 Å². The van der Waals surface area contributed by atoms with Crippen molar-refractivity contribution < 1.29 is 23.9 Å². The van der Waals surface area contributed by atoms with Crippen LogP contribution in [0.25, 0.3) is 0 Å². The van der Waals surface area contributed by atoms with E-state index >= 15 is 0 Å². The van der Waals surface area contributed by atoms with Crippen molar-refractivity contribution in [3.63, 3.8) is 0 Å². The molecule has 2 aromatic rings. The third-order valence-electron chi connectivity index (χ3n) is 6.30. The van der Waals surface area contributed by atoms with Crippen LogP contribution >= 0.6 is 0 Å². The van der Waals surface area contributed by atoms with E-state index in [1.165, 1.54) is 0 Å². The van der Waals surface area contributed by atoms with Crippen molar-refractivity contribution in [2.45, 2.75) is 64.5 Å². The zero-order chi connectivity index (χ0) is 25.1. The third kappa shape index (κ3) is 7.77. The Bertz CT molecular complexity index is 966. The van der Waals surface area contributed by atoms with Crippen LogP contribution in [0.1, 0.15) is 64.0 Å². The monoisotopic (exact) mass is 482 g/mol. The molecule has 0 spiro atoms. The molecule has 2 atom stereocenters. The van der Waals surface area contributed by atoms with Gasteiger partial charge in [-0.15, -0.1) is 0 Å². The number of benzene rings is 1. The van der Waals surface area contributed by atoms with Crippen molar-refractivity contribution in [3.05, 3.63) is 54.4 Å². The Morgan fingerprint density at radius 2 is 1.74 bits per heavy atom. The number of Topliss-reactive ketones (excluding diaryl/α,β-unsaturated/α-hetero) is 1. The Labute approximate surface area is 206 Å². The van der Waals surface area contributed by atoms with E-state index in [2.05, 4.69) is 20.6 Å². The van der Waals surface area contributed by atoms with Gasteiger partial charge in [-0.3, -0.25) is 9.59 Å².